The van der Waals surface area contributed by atoms with Crippen molar-refractivity contribution in [1.29, 1.82) is 0 Å². The molecule has 13 heavy (non-hydrogen) atoms. The van der Waals surface area contributed by atoms with Gasteiger partial charge in [-0.1, -0.05) is 19.3 Å². The first-order valence-electron chi connectivity index (χ1n) is 4.79. The van der Waals surface area contributed by atoms with Crippen LogP contribution in [-0.2, 0) is 4.79 Å². The Morgan fingerprint density at radius 2 is 1.92 bits per heavy atom. The van der Waals surface area contributed by atoms with Gasteiger partial charge in [-0.3, -0.25) is 4.79 Å². The number of aliphatic hydroxyl groups excluding tert-OH is 1. The quantitative estimate of drug-likeness (QED) is 0.544. The van der Waals surface area contributed by atoms with Gasteiger partial charge in [-0.25, -0.2) is 0 Å². The molecule has 1 rings (SSSR count). The largest absolute Gasteiger partial charge is 0.480 e. The monoisotopic (exact) mass is 187 g/mol. The molecule has 4 N–H and O–H groups in total. The van der Waals surface area contributed by atoms with Crippen molar-refractivity contribution in [1.82, 2.24) is 0 Å². The van der Waals surface area contributed by atoms with Crippen molar-refractivity contribution in [3.8, 4) is 0 Å². The van der Waals surface area contributed by atoms with Gasteiger partial charge in [0, 0.05) is 5.92 Å². The molecule has 0 aromatic heterocycles. The van der Waals surface area contributed by atoms with E-state index in [2.05, 4.69) is 0 Å². The van der Waals surface area contributed by atoms with Crippen molar-refractivity contribution >= 4 is 5.97 Å². The van der Waals surface area contributed by atoms with Crippen LogP contribution < -0.4 is 5.73 Å². The van der Waals surface area contributed by atoms with Crippen LogP contribution in [0.25, 0.3) is 0 Å². The summed E-state index contributed by atoms with van der Waals surface area (Å²) in [5, 5.41) is 18.3. The van der Waals surface area contributed by atoms with Gasteiger partial charge < -0.3 is 15.9 Å². The summed E-state index contributed by atoms with van der Waals surface area (Å²) in [7, 11) is 0. The molecule has 1 fully saturated rings. The molecule has 0 aromatic carbocycles. The Hall–Kier alpha value is -0.610. The van der Waals surface area contributed by atoms with Gasteiger partial charge in [0.25, 0.3) is 0 Å². The number of nitrogens with two attached hydrogens (primary N) is 1. The summed E-state index contributed by atoms with van der Waals surface area (Å²) < 4.78 is 0. The third-order valence-corrected chi connectivity index (χ3v) is 2.78. The highest BCUT2D eigenvalue weighted by atomic mass is 16.4. The number of hydrogen-bond donors (Lipinski definition) is 3. The number of aliphatic hydroxyl groups is 1. The van der Waals surface area contributed by atoms with Crippen molar-refractivity contribution in [3.63, 3.8) is 0 Å². The Morgan fingerprint density at radius 3 is 2.54 bits per heavy atom. The van der Waals surface area contributed by atoms with E-state index >= 15 is 0 Å². The van der Waals surface area contributed by atoms with Gasteiger partial charge in [0.05, 0.1) is 6.10 Å². The minimum absolute atomic E-state index is 0.264. The van der Waals surface area contributed by atoms with Gasteiger partial charge in [-0.2, -0.15) is 0 Å². The van der Waals surface area contributed by atoms with E-state index in [0.717, 1.165) is 25.7 Å². The molecule has 76 valence electrons. The van der Waals surface area contributed by atoms with E-state index in [1.165, 1.54) is 0 Å². The summed E-state index contributed by atoms with van der Waals surface area (Å²) in [5.74, 6) is -1.27. The van der Waals surface area contributed by atoms with Crippen molar-refractivity contribution in [2.75, 3.05) is 0 Å². The van der Waals surface area contributed by atoms with Gasteiger partial charge in [-0.15, -0.1) is 0 Å². The highest BCUT2D eigenvalue weighted by Gasteiger charge is 2.31. The Balaban J connectivity index is 2.58. The van der Waals surface area contributed by atoms with Crippen LogP contribution in [0.4, 0.5) is 0 Å². The van der Waals surface area contributed by atoms with Crippen molar-refractivity contribution < 1.29 is 15.0 Å². The molecule has 0 saturated heterocycles. The van der Waals surface area contributed by atoms with Crippen LogP contribution in [-0.4, -0.2) is 28.3 Å². The lowest BCUT2D eigenvalue weighted by molar-refractivity contribution is -0.141. The summed E-state index contributed by atoms with van der Waals surface area (Å²) in [6, 6.07) is -0.909. The van der Waals surface area contributed by atoms with Crippen LogP contribution in [0.5, 0.6) is 0 Å². The molecule has 1 aliphatic rings. The van der Waals surface area contributed by atoms with Crippen LogP contribution in [0.3, 0.4) is 0 Å². The van der Waals surface area contributed by atoms with Crippen molar-refractivity contribution in [2.45, 2.75) is 44.2 Å². The lowest BCUT2D eigenvalue weighted by Crippen LogP contribution is -2.43. The summed E-state index contributed by atoms with van der Waals surface area (Å²) in [6.07, 6.45) is 3.90. The van der Waals surface area contributed by atoms with E-state index < -0.39 is 18.1 Å². The molecule has 3 atom stereocenters. The Bertz CT molecular complexity index is 184. The fourth-order valence-electron chi connectivity index (χ4n) is 1.92. The van der Waals surface area contributed by atoms with E-state index in [0.29, 0.717) is 6.42 Å². The molecule has 0 bridgehead atoms. The van der Waals surface area contributed by atoms with Crippen LogP contribution in [0, 0.1) is 5.92 Å². The number of carboxylic acids is 1. The SMILES string of the molecule is NC(C(=O)O)C1CCCCCC1O. The van der Waals surface area contributed by atoms with Gasteiger partial charge in [-0.05, 0) is 12.8 Å². The zero-order valence-corrected chi connectivity index (χ0v) is 7.65. The van der Waals surface area contributed by atoms with Gasteiger partial charge in [0.2, 0.25) is 0 Å². The lowest BCUT2D eigenvalue weighted by atomic mass is 9.90. The summed E-state index contributed by atoms with van der Waals surface area (Å²) in [5.41, 5.74) is 5.49. The molecule has 0 heterocycles. The fourth-order valence-corrected chi connectivity index (χ4v) is 1.92. The average Bonchev–Trinajstić information content (AvgIpc) is 2.28. The first-order valence-corrected chi connectivity index (χ1v) is 4.79. The maximum Gasteiger partial charge on any atom is 0.320 e. The number of hydrogen-bond acceptors (Lipinski definition) is 3. The second-order valence-electron chi connectivity index (χ2n) is 3.73. The highest BCUT2D eigenvalue weighted by molar-refractivity contribution is 5.73. The molecule has 0 spiro atoms. The highest BCUT2D eigenvalue weighted by Crippen LogP contribution is 2.25. The molecule has 0 amide bonds. The average molecular weight is 187 g/mol. The molecule has 1 aliphatic carbocycles. The molecule has 4 heteroatoms. The van der Waals surface area contributed by atoms with Gasteiger partial charge >= 0.3 is 5.97 Å². The third kappa shape index (κ3) is 2.67. The molecule has 4 nitrogen and oxygen atoms in total. The minimum Gasteiger partial charge on any atom is -0.480 e. The molecular weight excluding hydrogens is 170 g/mol. The molecule has 3 unspecified atom stereocenters. The second-order valence-corrected chi connectivity index (χ2v) is 3.73. The molecule has 0 aromatic rings. The Kier molecular flexibility index (Phi) is 3.69. The maximum absolute atomic E-state index is 10.6. The normalized spacial score (nSPS) is 32.2. The smallest absolute Gasteiger partial charge is 0.320 e. The van der Waals surface area contributed by atoms with Crippen LogP contribution in [0.15, 0.2) is 0 Å². The zero-order chi connectivity index (χ0) is 9.84. The van der Waals surface area contributed by atoms with Crippen molar-refractivity contribution in [2.24, 2.45) is 11.7 Å². The van der Waals surface area contributed by atoms with E-state index in [1.807, 2.05) is 0 Å². The fraction of sp³-hybridized carbons (Fsp3) is 0.889. The summed E-state index contributed by atoms with van der Waals surface area (Å²) in [6.45, 7) is 0. The molecular formula is C9H17NO3. The van der Waals surface area contributed by atoms with Gasteiger partial charge in [0.15, 0.2) is 0 Å². The summed E-state index contributed by atoms with van der Waals surface area (Å²) in [4.78, 5) is 10.6. The zero-order valence-electron chi connectivity index (χ0n) is 7.65. The standard InChI is InChI=1S/C9H17NO3/c10-8(9(12)13)6-4-2-1-3-5-7(6)11/h6-8,11H,1-5,10H2,(H,12,13). The first-order chi connectivity index (χ1) is 6.13. The predicted molar refractivity (Wildman–Crippen MR) is 48.2 cm³/mol. The van der Waals surface area contributed by atoms with E-state index in [1.54, 1.807) is 0 Å². The number of aliphatic carboxylic acids is 1. The van der Waals surface area contributed by atoms with E-state index in [9.17, 15) is 9.90 Å². The third-order valence-electron chi connectivity index (χ3n) is 2.78. The topological polar surface area (TPSA) is 83.6 Å². The number of carbonyl (C=O) groups is 1. The Labute approximate surface area is 77.7 Å². The molecule has 0 radical (unpaired) electrons. The predicted octanol–water partition coefficient (Wildman–Crippen LogP) is 0.339. The van der Waals surface area contributed by atoms with Gasteiger partial charge in [0.1, 0.15) is 6.04 Å². The van der Waals surface area contributed by atoms with Crippen molar-refractivity contribution in [3.05, 3.63) is 0 Å². The molecule has 1 saturated carbocycles. The lowest BCUT2D eigenvalue weighted by Gasteiger charge is -2.23. The molecule has 0 aliphatic heterocycles. The van der Waals surface area contributed by atoms with E-state index in [4.69, 9.17) is 10.8 Å². The number of rotatable bonds is 2. The maximum atomic E-state index is 10.6. The van der Waals surface area contributed by atoms with Crippen LogP contribution >= 0.6 is 0 Å². The van der Waals surface area contributed by atoms with Crippen LogP contribution in [0.1, 0.15) is 32.1 Å². The minimum atomic E-state index is -1.01. The Morgan fingerprint density at radius 1 is 1.31 bits per heavy atom. The van der Waals surface area contributed by atoms with Crippen LogP contribution in [0.2, 0.25) is 0 Å². The second kappa shape index (κ2) is 4.58. The summed E-state index contributed by atoms with van der Waals surface area (Å²) >= 11 is 0. The first kappa shape index (κ1) is 10.5. The number of carboxylic acid groups (broad SMARTS) is 1. The van der Waals surface area contributed by atoms with E-state index in [-0.39, 0.29) is 5.92 Å².